The molecule has 8 heteroatoms. The van der Waals surface area contributed by atoms with Crippen molar-refractivity contribution in [3.63, 3.8) is 0 Å². The highest BCUT2D eigenvalue weighted by molar-refractivity contribution is 6.07. The Morgan fingerprint density at radius 2 is 1.87 bits per heavy atom. The highest BCUT2D eigenvalue weighted by atomic mass is 16.7. The second-order valence-corrected chi connectivity index (χ2v) is 6.67. The van der Waals surface area contributed by atoms with E-state index in [1.807, 2.05) is 6.92 Å². The average Bonchev–Trinajstić information content (AvgIpc) is 2.77. The first-order chi connectivity index (χ1) is 14.4. The fraction of sp³-hybridized carbons (Fsp3) is 0.455. The lowest BCUT2D eigenvalue weighted by Gasteiger charge is -2.33. The number of nitrogens with zero attached hydrogens (tertiary/aromatic N) is 2. The van der Waals surface area contributed by atoms with Crippen LogP contribution in [0.15, 0.2) is 40.5 Å². The molecule has 30 heavy (non-hydrogen) atoms. The van der Waals surface area contributed by atoms with Gasteiger partial charge < -0.3 is 18.9 Å². The number of benzene rings is 1. The maximum atomic E-state index is 13.0. The van der Waals surface area contributed by atoms with Crippen molar-refractivity contribution in [2.24, 2.45) is 10.9 Å². The van der Waals surface area contributed by atoms with Crippen LogP contribution in [0.25, 0.3) is 0 Å². The lowest BCUT2D eigenvalue weighted by atomic mass is 9.74. The summed E-state index contributed by atoms with van der Waals surface area (Å²) in [5, 5.41) is 9.65. The normalized spacial score (nSPS) is 18.6. The smallest absolute Gasteiger partial charge is 0.336 e. The molecule has 1 aromatic rings. The van der Waals surface area contributed by atoms with Crippen LogP contribution in [0.1, 0.15) is 37.3 Å². The first-order valence-corrected chi connectivity index (χ1v) is 9.53. The van der Waals surface area contributed by atoms with E-state index < -0.39 is 30.1 Å². The molecule has 0 bridgehead atoms. The number of rotatable bonds is 8. The Bertz CT molecular complexity index is 895. The standard InChI is InChI=1S/C22H26N2O6/c1-6-11-30-21(26)16-13(2)24-19(22(28-4)29-5)18(20(25)27-3)17(16)15-10-8-7-9-14(15)12-23/h7-10,16-17,22H,6,11H2,1-5H3. The molecular formula is C22H26N2O6. The van der Waals surface area contributed by atoms with Gasteiger partial charge in [0.05, 0.1) is 30.9 Å². The third kappa shape index (κ3) is 4.58. The Morgan fingerprint density at radius 1 is 1.20 bits per heavy atom. The van der Waals surface area contributed by atoms with E-state index in [9.17, 15) is 14.9 Å². The van der Waals surface area contributed by atoms with Gasteiger partial charge in [-0.1, -0.05) is 25.1 Å². The second kappa shape index (κ2) is 10.7. The number of nitriles is 1. The third-order valence-corrected chi connectivity index (χ3v) is 4.84. The van der Waals surface area contributed by atoms with Crippen molar-refractivity contribution in [2.75, 3.05) is 27.9 Å². The van der Waals surface area contributed by atoms with Crippen LogP contribution >= 0.6 is 0 Å². The molecule has 1 aliphatic heterocycles. The molecule has 0 radical (unpaired) electrons. The van der Waals surface area contributed by atoms with Crippen molar-refractivity contribution in [3.8, 4) is 6.07 Å². The average molecular weight is 414 g/mol. The molecule has 2 unspecified atom stereocenters. The van der Waals surface area contributed by atoms with Gasteiger partial charge in [0.2, 0.25) is 6.29 Å². The molecule has 0 aliphatic carbocycles. The Balaban J connectivity index is 2.82. The molecule has 0 N–H and O–H groups in total. The number of methoxy groups -OCH3 is 3. The quantitative estimate of drug-likeness (QED) is 0.475. The summed E-state index contributed by atoms with van der Waals surface area (Å²) < 4.78 is 21.1. The molecule has 1 heterocycles. The Kier molecular flexibility index (Phi) is 8.27. The number of ether oxygens (including phenoxy) is 4. The van der Waals surface area contributed by atoms with Gasteiger partial charge in [0.15, 0.2) is 0 Å². The van der Waals surface area contributed by atoms with Gasteiger partial charge in [0, 0.05) is 25.8 Å². The maximum absolute atomic E-state index is 13.0. The number of carbonyl (C=O) groups excluding carboxylic acids is 2. The van der Waals surface area contributed by atoms with Crippen molar-refractivity contribution in [3.05, 3.63) is 46.7 Å². The van der Waals surface area contributed by atoms with E-state index in [2.05, 4.69) is 11.1 Å². The first kappa shape index (κ1) is 23.3. The number of carbonyl (C=O) groups is 2. The van der Waals surface area contributed by atoms with Crippen LogP contribution < -0.4 is 0 Å². The molecule has 0 spiro atoms. The fourth-order valence-electron chi connectivity index (χ4n) is 3.53. The summed E-state index contributed by atoms with van der Waals surface area (Å²) in [4.78, 5) is 30.4. The molecular weight excluding hydrogens is 388 g/mol. The summed E-state index contributed by atoms with van der Waals surface area (Å²) in [7, 11) is 4.08. The second-order valence-electron chi connectivity index (χ2n) is 6.67. The SMILES string of the molecule is CCCOC(=O)C1C(C)=NC(C(OC)OC)=C(C(=O)OC)C1c1ccccc1C#N. The molecule has 0 amide bonds. The van der Waals surface area contributed by atoms with Crippen LogP contribution in [0.3, 0.4) is 0 Å². The maximum Gasteiger partial charge on any atom is 0.336 e. The Labute approximate surface area is 176 Å². The predicted molar refractivity (Wildman–Crippen MR) is 109 cm³/mol. The van der Waals surface area contributed by atoms with Crippen LogP contribution in [0.5, 0.6) is 0 Å². The molecule has 2 atom stereocenters. The van der Waals surface area contributed by atoms with Crippen molar-refractivity contribution in [1.29, 1.82) is 5.26 Å². The summed E-state index contributed by atoms with van der Waals surface area (Å²) in [5.41, 5.74) is 1.55. The van der Waals surface area contributed by atoms with E-state index in [1.165, 1.54) is 21.3 Å². The molecule has 0 aromatic heterocycles. The van der Waals surface area contributed by atoms with Crippen molar-refractivity contribution >= 4 is 17.7 Å². The molecule has 0 saturated heterocycles. The summed E-state index contributed by atoms with van der Waals surface area (Å²) in [5.74, 6) is -2.97. The highest BCUT2D eigenvalue weighted by Gasteiger charge is 2.45. The molecule has 160 valence electrons. The molecule has 0 saturated carbocycles. The lowest BCUT2D eigenvalue weighted by molar-refractivity contribution is -0.147. The molecule has 1 aromatic carbocycles. The third-order valence-electron chi connectivity index (χ3n) is 4.84. The highest BCUT2D eigenvalue weighted by Crippen LogP contribution is 2.42. The number of esters is 2. The lowest BCUT2D eigenvalue weighted by Crippen LogP contribution is -2.39. The monoisotopic (exact) mass is 414 g/mol. The summed E-state index contributed by atoms with van der Waals surface area (Å²) >= 11 is 0. The van der Waals surface area contributed by atoms with Gasteiger partial charge in [-0.3, -0.25) is 9.79 Å². The largest absolute Gasteiger partial charge is 0.466 e. The van der Waals surface area contributed by atoms with Crippen LogP contribution in [0.2, 0.25) is 0 Å². The molecule has 1 aliphatic rings. The van der Waals surface area contributed by atoms with Gasteiger partial charge >= 0.3 is 11.9 Å². The van der Waals surface area contributed by atoms with Gasteiger partial charge in [-0.25, -0.2) is 4.79 Å². The minimum absolute atomic E-state index is 0.0953. The van der Waals surface area contributed by atoms with Crippen LogP contribution in [0.4, 0.5) is 0 Å². The summed E-state index contributed by atoms with van der Waals surface area (Å²) in [6.07, 6.45) is -0.313. The molecule has 8 nitrogen and oxygen atoms in total. The van der Waals surface area contributed by atoms with E-state index in [0.717, 1.165) is 0 Å². The van der Waals surface area contributed by atoms with Crippen LogP contribution in [0, 0.1) is 17.2 Å². The predicted octanol–water partition coefficient (Wildman–Crippen LogP) is 2.73. The number of aliphatic imine (C=N–C) groups is 1. The van der Waals surface area contributed by atoms with E-state index in [0.29, 0.717) is 23.3 Å². The first-order valence-electron chi connectivity index (χ1n) is 9.53. The fourth-order valence-corrected chi connectivity index (χ4v) is 3.53. The van der Waals surface area contributed by atoms with Crippen LogP contribution in [-0.4, -0.2) is 51.9 Å². The van der Waals surface area contributed by atoms with E-state index in [4.69, 9.17) is 18.9 Å². The Hall–Kier alpha value is -3.02. The minimum Gasteiger partial charge on any atom is -0.466 e. The zero-order valence-electron chi connectivity index (χ0n) is 17.8. The van der Waals surface area contributed by atoms with E-state index in [-0.39, 0.29) is 17.9 Å². The number of hydrogen-bond acceptors (Lipinski definition) is 8. The van der Waals surface area contributed by atoms with Crippen molar-refractivity contribution in [1.82, 2.24) is 0 Å². The van der Waals surface area contributed by atoms with Gasteiger partial charge in [-0.2, -0.15) is 5.26 Å². The van der Waals surface area contributed by atoms with E-state index in [1.54, 1.807) is 31.2 Å². The zero-order valence-corrected chi connectivity index (χ0v) is 17.8. The summed E-state index contributed by atoms with van der Waals surface area (Å²) in [6.45, 7) is 3.80. The van der Waals surface area contributed by atoms with Gasteiger partial charge in [-0.15, -0.1) is 0 Å². The molecule has 2 rings (SSSR count). The Morgan fingerprint density at radius 3 is 2.43 bits per heavy atom. The topological polar surface area (TPSA) is 107 Å². The minimum atomic E-state index is -0.960. The van der Waals surface area contributed by atoms with Gasteiger partial charge in [-0.05, 0) is 25.0 Å². The zero-order chi connectivity index (χ0) is 22.3. The van der Waals surface area contributed by atoms with E-state index >= 15 is 0 Å². The van der Waals surface area contributed by atoms with Gasteiger partial charge in [0.1, 0.15) is 11.6 Å². The summed E-state index contributed by atoms with van der Waals surface area (Å²) in [6, 6.07) is 8.92. The molecule has 0 fully saturated rings. The number of hydrogen-bond donors (Lipinski definition) is 0. The van der Waals surface area contributed by atoms with Crippen LogP contribution in [-0.2, 0) is 28.5 Å². The van der Waals surface area contributed by atoms with Gasteiger partial charge in [0.25, 0.3) is 0 Å². The van der Waals surface area contributed by atoms with Crippen molar-refractivity contribution < 1.29 is 28.5 Å². The van der Waals surface area contributed by atoms with Crippen molar-refractivity contribution in [2.45, 2.75) is 32.5 Å².